The molecular formula is C22H17ClFN5O. The molecule has 150 valence electrons. The van der Waals surface area contributed by atoms with E-state index in [-0.39, 0.29) is 16.9 Å². The van der Waals surface area contributed by atoms with Gasteiger partial charge in [-0.25, -0.2) is 19.3 Å². The normalized spacial score (nSPS) is 13.9. The van der Waals surface area contributed by atoms with Gasteiger partial charge < -0.3 is 10.3 Å². The number of hydrogen-bond acceptors (Lipinski definition) is 4. The second-order valence-electron chi connectivity index (χ2n) is 7.31. The van der Waals surface area contributed by atoms with E-state index in [9.17, 15) is 9.18 Å². The molecule has 4 aromatic rings. The first-order valence-corrected chi connectivity index (χ1v) is 10.0. The molecule has 0 atom stereocenters. The van der Waals surface area contributed by atoms with Crippen LogP contribution in [0.25, 0.3) is 22.6 Å². The molecule has 30 heavy (non-hydrogen) atoms. The number of carbonyl (C=O) groups is 1. The summed E-state index contributed by atoms with van der Waals surface area (Å²) in [7, 11) is 0. The van der Waals surface area contributed by atoms with Gasteiger partial charge in [-0.3, -0.25) is 4.79 Å². The molecule has 0 unspecified atom stereocenters. The van der Waals surface area contributed by atoms with Crippen molar-refractivity contribution in [1.82, 2.24) is 19.9 Å². The first-order valence-electron chi connectivity index (χ1n) is 9.67. The van der Waals surface area contributed by atoms with E-state index in [1.807, 2.05) is 6.07 Å². The summed E-state index contributed by atoms with van der Waals surface area (Å²) in [4.78, 5) is 29.1. The van der Waals surface area contributed by atoms with Crippen molar-refractivity contribution in [3.8, 4) is 11.4 Å². The predicted molar refractivity (Wildman–Crippen MR) is 113 cm³/mol. The lowest BCUT2D eigenvalue weighted by Gasteiger charge is -2.25. The molecule has 0 aliphatic heterocycles. The second kappa shape index (κ2) is 7.50. The molecule has 1 aliphatic carbocycles. The minimum absolute atomic E-state index is 0.273. The van der Waals surface area contributed by atoms with E-state index in [1.54, 1.807) is 24.3 Å². The lowest BCUT2D eigenvalue weighted by Crippen LogP contribution is -2.15. The monoisotopic (exact) mass is 421 g/mol. The van der Waals surface area contributed by atoms with Crippen LogP contribution in [0.5, 0.6) is 0 Å². The molecule has 1 amide bonds. The Balaban J connectivity index is 1.44. The Hall–Kier alpha value is -3.32. The van der Waals surface area contributed by atoms with E-state index in [1.165, 1.54) is 24.8 Å². The Kier molecular flexibility index (Phi) is 4.67. The van der Waals surface area contributed by atoms with Gasteiger partial charge in [-0.05, 0) is 55.3 Å². The number of fused-ring (bicyclic) bond motifs is 1. The average molecular weight is 422 g/mol. The minimum Gasteiger partial charge on any atom is -0.336 e. The number of nitrogens with zero attached hydrogens (tertiary/aromatic N) is 3. The number of aromatic nitrogens is 4. The predicted octanol–water partition coefficient (Wildman–Crippen LogP) is 5.33. The molecule has 0 radical (unpaired) electrons. The summed E-state index contributed by atoms with van der Waals surface area (Å²) in [5.41, 5.74) is 3.37. The molecule has 2 N–H and O–H groups in total. The Morgan fingerprint density at radius 1 is 1.10 bits per heavy atom. The molecule has 1 saturated carbocycles. The van der Waals surface area contributed by atoms with Crippen LogP contribution in [0.1, 0.15) is 41.2 Å². The number of nitrogens with one attached hydrogen (secondary N) is 2. The van der Waals surface area contributed by atoms with Crippen molar-refractivity contribution in [3.05, 3.63) is 70.9 Å². The molecule has 1 fully saturated rings. The lowest BCUT2D eigenvalue weighted by molar-refractivity contribution is 0.102. The van der Waals surface area contributed by atoms with Crippen LogP contribution in [-0.2, 0) is 0 Å². The number of anilines is 1. The molecule has 0 bridgehead atoms. The van der Waals surface area contributed by atoms with Crippen LogP contribution in [-0.4, -0.2) is 25.8 Å². The van der Waals surface area contributed by atoms with E-state index in [0.717, 1.165) is 18.5 Å². The van der Waals surface area contributed by atoms with Crippen LogP contribution in [0.3, 0.4) is 0 Å². The summed E-state index contributed by atoms with van der Waals surface area (Å²) in [6, 6.07) is 11.2. The van der Waals surface area contributed by atoms with Gasteiger partial charge in [-0.1, -0.05) is 18.0 Å². The van der Waals surface area contributed by atoms with Crippen LogP contribution >= 0.6 is 11.6 Å². The zero-order valence-electron chi connectivity index (χ0n) is 15.8. The van der Waals surface area contributed by atoms with Crippen LogP contribution < -0.4 is 5.32 Å². The first kappa shape index (κ1) is 18.7. The molecule has 1 aliphatic rings. The Morgan fingerprint density at radius 2 is 1.90 bits per heavy atom. The standard InChI is InChI=1S/C22H17ClFN5O/c23-19-17(9-8-16(26-19)12-2-1-3-12)27-22(30)15-10-11-25-21-18(15)28-20(29-21)13-4-6-14(24)7-5-13/h4-12H,1-3H2,(H,27,30)(H,25,28,29). The van der Waals surface area contributed by atoms with Crippen LogP contribution in [0.2, 0.25) is 5.15 Å². The maximum absolute atomic E-state index is 13.2. The highest BCUT2D eigenvalue weighted by molar-refractivity contribution is 6.32. The fourth-order valence-electron chi connectivity index (χ4n) is 3.51. The fourth-order valence-corrected chi connectivity index (χ4v) is 3.72. The number of amides is 1. The van der Waals surface area contributed by atoms with E-state index in [2.05, 4.69) is 25.3 Å². The smallest absolute Gasteiger partial charge is 0.258 e. The van der Waals surface area contributed by atoms with Crippen LogP contribution in [0, 0.1) is 5.82 Å². The van der Waals surface area contributed by atoms with Crippen molar-refractivity contribution in [2.75, 3.05) is 5.32 Å². The van der Waals surface area contributed by atoms with Crippen molar-refractivity contribution in [1.29, 1.82) is 0 Å². The maximum atomic E-state index is 13.2. The highest BCUT2D eigenvalue weighted by atomic mass is 35.5. The number of carbonyl (C=O) groups excluding carboxylic acids is 1. The van der Waals surface area contributed by atoms with Crippen molar-refractivity contribution in [3.63, 3.8) is 0 Å². The quantitative estimate of drug-likeness (QED) is 0.436. The fraction of sp³-hybridized carbons (Fsp3) is 0.182. The molecule has 5 rings (SSSR count). The van der Waals surface area contributed by atoms with Gasteiger partial charge in [0, 0.05) is 23.4 Å². The van der Waals surface area contributed by atoms with Gasteiger partial charge in [0.15, 0.2) is 10.8 Å². The highest BCUT2D eigenvalue weighted by Crippen LogP contribution is 2.36. The van der Waals surface area contributed by atoms with Crippen molar-refractivity contribution in [2.24, 2.45) is 0 Å². The number of halogens is 2. The molecular weight excluding hydrogens is 405 g/mol. The van der Waals surface area contributed by atoms with Crippen molar-refractivity contribution >= 4 is 34.4 Å². The van der Waals surface area contributed by atoms with Gasteiger partial charge in [0.2, 0.25) is 0 Å². The molecule has 1 aromatic carbocycles. The zero-order chi connectivity index (χ0) is 20.7. The van der Waals surface area contributed by atoms with Gasteiger partial charge in [-0.15, -0.1) is 0 Å². The van der Waals surface area contributed by atoms with Crippen LogP contribution in [0.15, 0.2) is 48.7 Å². The third kappa shape index (κ3) is 3.41. The Morgan fingerprint density at radius 3 is 2.60 bits per heavy atom. The van der Waals surface area contributed by atoms with Crippen LogP contribution in [0.4, 0.5) is 10.1 Å². The third-order valence-electron chi connectivity index (χ3n) is 5.40. The Bertz CT molecular complexity index is 1250. The number of benzene rings is 1. The van der Waals surface area contributed by atoms with E-state index in [0.29, 0.717) is 39.7 Å². The van der Waals surface area contributed by atoms with E-state index >= 15 is 0 Å². The summed E-state index contributed by atoms with van der Waals surface area (Å²) in [5.74, 6) is 0.280. The maximum Gasteiger partial charge on any atom is 0.258 e. The number of imidazole rings is 1. The van der Waals surface area contributed by atoms with Crippen molar-refractivity contribution < 1.29 is 9.18 Å². The topological polar surface area (TPSA) is 83.6 Å². The summed E-state index contributed by atoms with van der Waals surface area (Å²) >= 11 is 6.31. The molecule has 6 nitrogen and oxygen atoms in total. The van der Waals surface area contributed by atoms with Gasteiger partial charge in [0.1, 0.15) is 11.6 Å². The molecule has 0 saturated heterocycles. The molecule has 0 spiro atoms. The zero-order valence-corrected chi connectivity index (χ0v) is 16.6. The number of rotatable bonds is 4. The summed E-state index contributed by atoms with van der Waals surface area (Å²) in [6.07, 6.45) is 4.98. The third-order valence-corrected chi connectivity index (χ3v) is 5.68. The molecule has 3 heterocycles. The number of aromatic amines is 1. The average Bonchev–Trinajstić information content (AvgIpc) is 3.13. The van der Waals surface area contributed by atoms with E-state index < -0.39 is 0 Å². The van der Waals surface area contributed by atoms with Crippen molar-refractivity contribution in [2.45, 2.75) is 25.2 Å². The Labute approximate surface area is 176 Å². The lowest BCUT2D eigenvalue weighted by atomic mass is 9.83. The summed E-state index contributed by atoms with van der Waals surface area (Å²) in [5, 5.41) is 3.09. The second-order valence-corrected chi connectivity index (χ2v) is 7.66. The number of H-pyrrole nitrogens is 1. The molecule has 3 aromatic heterocycles. The van der Waals surface area contributed by atoms with Gasteiger partial charge in [-0.2, -0.15) is 0 Å². The van der Waals surface area contributed by atoms with Gasteiger partial charge in [0.05, 0.1) is 16.8 Å². The van der Waals surface area contributed by atoms with E-state index in [4.69, 9.17) is 11.6 Å². The highest BCUT2D eigenvalue weighted by Gasteiger charge is 2.22. The minimum atomic E-state index is -0.350. The number of hydrogen-bond donors (Lipinski definition) is 2. The SMILES string of the molecule is O=C(Nc1ccc(C2CCC2)nc1Cl)c1ccnc2nc(-c3ccc(F)cc3)[nH]c12. The number of pyridine rings is 2. The van der Waals surface area contributed by atoms with Gasteiger partial charge in [0.25, 0.3) is 5.91 Å². The summed E-state index contributed by atoms with van der Waals surface area (Å²) < 4.78 is 13.2. The molecule has 8 heteroatoms. The largest absolute Gasteiger partial charge is 0.336 e. The summed E-state index contributed by atoms with van der Waals surface area (Å²) in [6.45, 7) is 0. The first-order chi connectivity index (χ1) is 14.6. The van der Waals surface area contributed by atoms with Gasteiger partial charge >= 0.3 is 0 Å².